The number of rotatable bonds is 12. The first kappa shape index (κ1) is 46.2. The van der Waals surface area contributed by atoms with Crippen LogP contribution < -0.4 is 38.1 Å². The average Bonchev–Trinajstić information content (AvgIpc) is 3.31. The molecule has 2 aliphatic rings. The van der Waals surface area contributed by atoms with Gasteiger partial charge in [-0.25, -0.2) is 34.7 Å². The Labute approximate surface area is 383 Å². The number of aromatic nitrogens is 8. The normalized spacial score (nSPS) is 18.0. The molecule has 2 aliphatic carbocycles. The van der Waals surface area contributed by atoms with E-state index in [4.69, 9.17) is 16.2 Å². The lowest BCUT2D eigenvalue weighted by atomic mass is 9.90. The Balaban J connectivity index is 0.000000199. The van der Waals surface area contributed by atoms with Crippen molar-refractivity contribution < 1.29 is 14.3 Å². The molecule has 340 valence electrons. The summed E-state index contributed by atoms with van der Waals surface area (Å²) in [7, 11) is 0. The fraction of sp³-hybridized carbons (Fsp3) is 0.340. The Kier molecular flexibility index (Phi) is 15.2. The lowest BCUT2D eigenvalue weighted by Gasteiger charge is -2.33. The number of primary amides is 1. The first-order chi connectivity index (χ1) is 31.9. The largest absolute Gasteiger partial charge is 0.444 e. The molecule has 9 N–H and O–H groups in total. The van der Waals surface area contributed by atoms with E-state index in [0.29, 0.717) is 51.9 Å². The third-order valence-electron chi connectivity index (χ3n) is 10.8. The smallest absolute Gasteiger partial charge is 0.407 e. The van der Waals surface area contributed by atoms with E-state index in [0.717, 1.165) is 62.5 Å². The summed E-state index contributed by atoms with van der Waals surface area (Å²) in [6, 6.07) is 16.4. The minimum absolute atomic E-state index is 0.0141. The molecule has 0 aliphatic heterocycles. The Bertz CT molecular complexity index is 2620. The molecule has 0 unspecified atom stereocenters. The van der Waals surface area contributed by atoms with Gasteiger partial charge in [-0.1, -0.05) is 25.7 Å². The highest BCUT2D eigenvalue weighted by molar-refractivity contribution is 5.98. The molecule has 0 saturated heterocycles. The SMILES string of the molecule is CC(C)(C)OC(=O)N[C@H]1CCCC[C@H]1Nc1ccc(C#N)c(Nc2cncc(-c3ncccn3)c2)n1.NC(=O)c1ccc(N[C@@H]2CCCC[C@@H]2N)nc1Nc1cncc(-c2ncccn2)c1. The van der Waals surface area contributed by atoms with Gasteiger partial charge in [0.15, 0.2) is 17.5 Å². The van der Waals surface area contributed by atoms with Crippen LogP contribution in [-0.4, -0.2) is 81.6 Å². The molecule has 4 atom stereocenters. The molecular formula is C47H54N16O3. The fourth-order valence-electron chi connectivity index (χ4n) is 7.64. The molecule has 19 nitrogen and oxygen atoms in total. The number of hydrogen-bond donors (Lipinski definition) is 7. The quantitative estimate of drug-likeness (QED) is 0.0636. The van der Waals surface area contributed by atoms with Gasteiger partial charge in [0.05, 0.1) is 40.9 Å². The summed E-state index contributed by atoms with van der Waals surface area (Å²) in [6.07, 6.45) is 21.0. The lowest BCUT2D eigenvalue weighted by molar-refractivity contribution is 0.0488. The Morgan fingerprint density at radius 3 is 1.77 bits per heavy atom. The minimum atomic E-state index is -0.568. The molecule has 6 aromatic heterocycles. The first-order valence-corrected chi connectivity index (χ1v) is 21.9. The number of ether oxygens (including phenoxy) is 1. The maximum Gasteiger partial charge on any atom is 0.407 e. The van der Waals surface area contributed by atoms with Gasteiger partial charge in [-0.05, 0) is 95.0 Å². The van der Waals surface area contributed by atoms with Crippen molar-refractivity contribution >= 4 is 46.6 Å². The number of alkyl carbamates (subject to hydrolysis) is 1. The summed E-state index contributed by atoms with van der Waals surface area (Å²) in [5.41, 5.74) is 14.7. The number of carbonyl (C=O) groups is 2. The second kappa shape index (κ2) is 21.7. The number of carbonyl (C=O) groups excluding carboxylic acids is 2. The van der Waals surface area contributed by atoms with E-state index in [2.05, 4.69) is 72.5 Å². The predicted molar refractivity (Wildman–Crippen MR) is 252 cm³/mol. The van der Waals surface area contributed by atoms with Gasteiger partial charge >= 0.3 is 6.09 Å². The van der Waals surface area contributed by atoms with Crippen LogP contribution in [0.3, 0.4) is 0 Å². The zero-order chi connectivity index (χ0) is 46.5. The summed E-state index contributed by atoms with van der Waals surface area (Å²) < 4.78 is 5.44. The lowest BCUT2D eigenvalue weighted by Crippen LogP contribution is -2.49. The maximum atomic E-state index is 12.4. The molecule has 6 aromatic rings. The minimum Gasteiger partial charge on any atom is -0.444 e. The second-order valence-corrected chi connectivity index (χ2v) is 17.0. The summed E-state index contributed by atoms with van der Waals surface area (Å²) in [4.78, 5) is 59.0. The summed E-state index contributed by atoms with van der Waals surface area (Å²) >= 11 is 0. The van der Waals surface area contributed by atoms with E-state index < -0.39 is 17.6 Å². The molecule has 0 aromatic carbocycles. The third-order valence-corrected chi connectivity index (χ3v) is 10.8. The first-order valence-electron chi connectivity index (χ1n) is 21.9. The summed E-state index contributed by atoms with van der Waals surface area (Å²) in [6.45, 7) is 5.53. The zero-order valence-corrected chi connectivity index (χ0v) is 37.1. The van der Waals surface area contributed by atoms with Gasteiger partial charge < -0.3 is 42.8 Å². The summed E-state index contributed by atoms with van der Waals surface area (Å²) in [5, 5.41) is 25.8. The van der Waals surface area contributed by atoms with Crippen LogP contribution >= 0.6 is 0 Å². The number of amides is 2. The van der Waals surface area contributed by atoms with Gasteiger partial charge in [-0.15, -0.1) is 0 Å². The number of pyridine rings is 4. The van der Waals surface area contributed by atoms with Gasteiger partial charge in [-0.2, -0.15) is 5.26 Å². The average molecular weight is 891 g/mol. The van der Waals surface area contributed by atoms with Crippen LogP contribution in [0.5, 0.6) is 0 Å². The van der Waals surface area contributed by atoms with Crippen LogP contribution in [0.2, 0.25) is 0 Å². The van der Waals surface area contributed by atoms with E-state index in [1.54, 1.807) is 86.0 Å². The number of nitrogens with zero attached hydrogens (tertiary/aromatic N) is 9. The summed E-state index contributed by atoms with van der Waals surface area (Å²) in [5.74, 6) is 2.54. The van der Waals surface area contributed by atoms with Crippen LogP contribution in [0.4, 0.5) is 39.4 Å². The van der Waals surface area contributed by atoms with Gasteiger partial charge in [0, 0.05) is 66.4 Å². The van der Waals surface area contributed by atoms with Crippen molar-refractivity contribution in [3.8, 4) is 28.8 Å². The third kappa shape index (κ3) is 12.9. The molecule has 2 fully saturated rings. The van der Waals surface area contributed by atoms with E-state index in [9.17, 15) is 14.9 Å². The van der Waals surface area contributed by atoms with Crippen molar-refractivity contribution in [2.45, 2.75) is 102 Å². The monoisotopic (exact) mass is 890 g/mol. The van der Waals surface area contributed by atoms with Crippen LogP contribution in [-0.2, 0) is 4.74 Å². The molecule has 2 saturated carbocycles. The number of nitrogens with two attached hydrogens (primary N) is 2. The second-order valence-electron chi connectivity index (χ2n) is 17.0. The number of hydrogen-bond acceptors (Lipinski definition) is 17. The van der Waals surface area contributed by atoms with Crippen LogP contribution in [0.25, 0.3) is 22.8 Å². The zero-order valence-electron chi connectivity index (χ0n) is 37.1. The van der Waals surface area contributed by atoms with Crippen LogP contribution in [0.15, 0.2) is 98.1 Å². The Hall–Kier alpha value is -7.85. The van der Waals surface area contributed by atoms with E-state index in [1.165, 1.54) is 0 Å². The molecule has 0 bridgehead atoms. The molecular weight excluding hydrogens is 837 g/mol. The Morgan fingerprint density at radius 2 is 1.21 bits per heavy atom. The van der Waals surface area contributed by atoms with E-state index in [1.807, 2.05) is 32.9 Å². The van der Waals surface area contributed by atoms with Crippen molar-refractivity contribution in [2.75, 3.05) is 21.3 Å². The van der Waals surface area contributed by atoms with E-state index in [-0.39, 0.29) is 29.7 Å². The van der Waals surface area contributed by atoms with Crippen LogP contribution in [0, 0.1) is 11.3 Å². The number of nitriles is 1. The van der Waals surface area contributed by atoms with Crippen LogP contribution in [0.1, 0.15) is 88.1 Å². The topological polar surface area (TPSA) is 282 Å². The standard InChI is InChI=1S/C26H30N8O2.C21H24N8O/c1-26(2,3)36-25(35)33-21-8-5-4-7-20(21)32-22-10-9-17(14-27)24(34-22)31-19-13-18(15-28-16-19)23-29-11-6-12-30-23;22-16-4-1-2-5-17(16)28-18-7-6-15(19(23)30)21(29-18)27-14-10-13(11-24-12-14)20-25-8-3-9-26-20/h6,9-13,15-16,20-21H,4-5,7-8H2,1-3H3,(H,33,35)(H2,31,32,34);3,6-12,16-17H,1-2,4-5,22H2,(H2,23,30)(H2,27,28,29)/t20-,21+;16-,17+/m10/s1. The highest BCUT2D eigenvalue weighted by Gasteiger charge is 2.29. The van der Waals surface area contributed by atoms with Crippen molar-refractivity contribution in [3.05, 3.63) is 109 Å². The van der Waals surface area contributed by atoms with Crippen molar-refractivity contribution in [3.63, 3.8) is 0 Å². The van der Waals surface area contributed by atoms with Gasteiger partial charge in [0.1, 0.15) is 29.1 Å². The number of nitrogens with one attached hydrogen (secondary N) is 5. The number of anilines is 6. The molecule has 19 heteroatoms. The van der Waals surface area contributed by atoms with E-state index >= 15 is 0 Å². The maximum absolute atomic E-state index is 12.4. The fourth-order valence-corrected chi connectivity index (χ4v) is 7.64. The van der Waals surface area contributed by atoms with Crippen molar-refractivity contribution in [2.24, 2.45) is 11.5 Å². The highest BCUT2D eigenvalue weighted by atomic mass is 16.6. The van der Waals surface area contributed by atoms with Gasteiger partial charge in [0.2, 0.25) is 0 Å². The predicted octanol–water partition coefficient (Wildman–Crippen LogP) is 7.25. The van der Waals surface area contributed by atoms with Gasteiger partial charge in [0.25, 0.3) is 5.91 Å². The van der Waals surface area contributed by atoms with Gasteiger partial charge in [-0.3, -0.25) is 14.8 Å². The molecule has 6 heterocycles. The molecule has 8 rings (SSSR count). The molecule has 0 spiro atoms. The molecule has 0 radical (unpaired) electrons. The van der Waals surface area contributed by atoms with Crippen molar-refractivity contribution in [1.82, 2.24) is 45.2 Å². The van der Waals surface area contributed by atoms with Crippen molar-refractivity contribution in [1.29, 1.82) is 5.26 Å². The highest BCUT2D eigenvalue weighted by Crippen LogP contribution is 2.28. The Morgan fingerprint density at radius 1 is 0.697 bits per heavy atom. The molecule has 2 amide bonds. The molecule has 66 heavy (non-hydrogen) atoms.